The number of esters is 1. The lowest BCUT2D eigenvalue weighted by atomic mass is 10.1. The van der Waals surface area contributed by atoms with Gasteiger partial charge < -0.3 is 14.6 Å². The minimum atomic E-state index is -1.20. The number of hydrogen-bond donors (Lipinski definition) is 1. The molecule has 0 aromatic heterocycles. The molecule has 0 spiro atoms. The third-order valence-electron chi connectivity index (χ3n) is 4.50. The van der Waals surface area contributed by atoms with Gasteiger partial charge in [-0.3, -0.25) is 9.59 Å². The molecule has 0 bridgehead atoms. The first-order valence-corrected chi connectivity index (χ1v) is 9.66. The SMILES string of the molecule is CCC(=O)Oc1ccc(/C=C2/C(=O)N(c3ccc(Cl)c(C(=O)O)c3)N=C2C)cc1OC. The highest BCUT2D eigenvalue weighted by Gasteiger charge is 2.29. The second kappa shape index (κ2) is 9.01. The lowest BCUT2D eigenvalue weighted by Crippen LogP contribution is -2.21. The number of carboxylic acid groups (broad SMARTS) is 1. The average Bonchev–Trinajstić information content (AvgIpc) is 3.03. The first kappa shape index (κ1) is 22.0. The molecule has 2 aromatic carbocycles. The van der Waals surface area contributed by atoms with Gasteiger partial charge in [0.15, 0.2) is 11.5 Å². The minimum absolute atomic E-state index is 0.0651. The van der Waals surface area contributed by atoms with Crippen LogP contribution in [0, 0.1) is 0 Å². The molecule has 2 aromatic rings. The highest BCUT2D eigenvalue weighted by molar-refractivity contribution is 6.34. The van der Waals surface area contributed by atoms with Crippen molar-refractivity contribution >= 4 is 46.9 Å². The molecule has 0 fully saturated rings. The molecule has 1 aliphatic heterocycles. The molecule has 0 saturated heterocycles. The lowest BCUT2D eigenvalue weighted by molar-refractivity contribution is -0.134. The second-order valence-electron chi connectivity index (χ2n) is 6.57. The van der Waals surface area contributed by atoms with Crippen LogP contribution in [0.3, 0.4) is 0 Å². The van der Waals surface area contributed by atoms with E-state index in [1.165, 1.54) is 25.3 Å². The number of hydrazone groups is 1. The van der Waals surface area contributed by atoms with Crippen LogP contribution in [-0.2, 0) is 9.59 Å². The third-order valence-corrected chi connectivity index (χ3v) is 4.83. The van der Waals surface area contributed by atoms with E-state index in [0.29, 0.717) is 22.6 Å². The molecule has 8 nitrogen and oxygen atoms in total. The van der Waals surface area contributed by atoms with E-state index in [0.717, 1.165) is 5.01 Å². The number of methoxy groups -OCH3 is 1. The number of anilines is 1. The van der Waals surface area contributed by atoms with E-state index >= 15 is 0 Å². The highest BCUT2D eigenvalue weighted by atomic mass is 35.5. The molecule has 160 valence electrons. The molecular weight excluding hydrogens is 424 g/mol. The third kappa shape index (κ3) is 4.59. The summed E-state index contributed by atoms with van der Waals surface area (Å²) in [6.45, 7) is 3.36. The van der Waals surface area contributed by atoms with E-state index in [4.69, 9.17) is 21.1 Å². The Morgan fingerprint density at radius 1 is 1.19 bits per heavy atom. The highest BCUT2D eigenvalue weighted by Crippen LogP contribution is 2.32. The normalized spacial score (nSPS) is 14.6. The summed E-state index contributed by atoms with van der Waals surface area (Å²) >= 11 is 5.91. The van der Waals surface area contributed by atoms with Crippen molar-refractivity contribution in [1.29, 1.82) is 0 Å². The van der Waals surface area contributed by atoms with Gasteiger partial charge in [-0.2, -0.15) is 10.1 Å². The Balaban J connectivity index is 1.92. The van der Waals surface area contributed by atoms with Crippen molar-refractivity contribution in [3.63, 3.8) is 0 Å². The topological polar surface area (TPSA) is 106 Å². The predicted octanol–water partition coefficient (Wildman–Crippen LogP) is 4.17. The van der Waals surface area contributed by atoms with Crippen LogP contribution in [0.4, 0.5) is 5.69 Å². The van der Waals surface area contributed by atoms with Crippen LogP contribution in [0.15, 0.2) is 47.1 Å². The van der Waals surface area contributed by atoms with Gasteiger partial charge in [0.05, 0.1) is 34.7 Å². The summed E-state index contributed by atoms with van der Waals surface area (Å²) < 4.78 is 10.5. The van der Waals surface area contributed by atoms with Crippen LogP contribution in [0.2, 0.25) is 5.02 Å². The first-order chi connectivity index (χ1) is 14.7. The lowest BCUT2D eigenvalue weighted by Gasteiger charge is -2.13. The zero-order chi connectivity index (χ0) is 22.7. The monoisotopic (exact) mass is 442 g/mol. The fourth-order valence-corrected chi connectivity index (χ4v) is 3.09. The molecule has 1 aliphatic rings. The molecule has 31 heavy (non-hydrogen) atoms. The maximum Gasteiger partial charge on any atom is 0.337 e. The van der Waals surface area contributed by atoms with Crippen LogP contribution >= 0.6 is 11.6 Å². The van der Waals surface area contributed by atoms with E-state index in [2.05, 4.69) is 5.10 Å². The standard InChI is InChI=1S/C22H19ClN2O6/c1-4-20(26)31-18-8-5-13(10-19(18)30-3)9-15-12(2)24-25(21(15)27)14-6-7-17(23)16(11-14)22(28)29/h5-11H,4H2,1-3H3,(H,28,29)/b15-9+. The molecule has 1 N–H and O–H groups in total. The molecule has 1 heterocycles. The van der Waals surface area contributed by atoms with Gasteiger partial charge in [0.2, 0.25) is 0 Å². The summed E-state index contributed by atoms with van der Waals surface area (Å²) in [6.07, 6.45) is 1.85. The van der Waals surface area contributed by atoms with Gasteiger partial charge in [-0.05, 0) is 48.9 Å². The maximum absolute atomic E-state index is 13.0. The summed E-state index contributed by atoms with van der Waals surface area (Å²) in [5, 5.41) is 14.7. The summed E-state index contributed by atoms with van der Waals surface area (Å²) in [7, 11) is 1.45. The Morgan fingerprint density at radius 2 is 1.94 bits per heavy atom. The smallest absolute Gasteiger partial charge is 0.337 e. The fraction of sp³-hybridized carbons (Fsp3) is 0.182. The van der Waals surface area contributed by atoms with Gasteiger partial charge in [0.1, 0.15) is 0 Å². The Morgan fingerprint density at radius 3 is 2.58 bits per heavy atom. The average molecular weight is 443 g/mol. The predicted molar refractivity (Wildman–Crippen MR) is 116 cm³/mol. The molecule has 3 rings (SSSR count). The van der Waals surface area contributed by atoms with Gasteiger partial charge >= 0.3 is 11.9 Å². The van der Waals surface area contributed by atoms with Crippen molar-refractivity contribution in [1.82, 2.24) is 0 Å². The van der Waals surface area contributed by atoms with Crippen molar-refractivity contribution in [2.45, 2.75) is 20.3 Å². The van der Waals surface area contributed by atoms with Crippen LogP contribution in [0.1, 0.15) is 36.2 Å². The van der Waals surface area contributed by atoms with Crippen molar-refractivity contribution < 1.29 is 29.0 Å². The quantitative estimate of drug-likeness (QED) is 0.409. The number of aromatic carboxylic acids is 1. The Hall–Kier alpha value is -3.65. The number of halogens is 1. The van der Waals surface area contributed by atoms with Crippen LogP contribution in [0.25, 0.3) is 6.08 Å². The zero-order valence-corrected chi connectivity index (χ0v) is 17.8. The van der Waals surface area contributed by atoms with Crippen molar-refractivity contribution in [2.75, 3.05) is 12.1 Å². The van der Waals surface area contributed by atoms with E-state index < -0.39 is 17.8 Å². The number of nitrogens with zero attached hydrogens (tertiary/aromatic N) is 2. The Kier molecular flexibility index (Phi) is 6.41. The number of ether oxygens (including phenoxy) is 2. The number of carboxylic acids is 1. The fourth-order valence-electron chi connectivity index (χ4n) is 2.89. The van der Waals surface area contributed by atoms with Gasteiger partial charge in [-0.1, -0.05) is 24.6 Å². The number of benzene rings is 2. The van der Waals surface area contributed by atoms with Gasteiger partial charge in [0, 0.05) is 6.42 Å². The van der Waals surface area contributed by atoms with Crippen molar-refractivity contribution in [3.05, 3.63) is 58.1 Å². The zero-order valence-electron chi connectivity index (χ0n) is 17.0. The molecule has 1 amide bonds. The molecule has 0 unspecified atom stereocenters. The second-order valence-corrected chi connectivity index (χ2v) is 6.97. The Bertz CT molecular complexity index is 1140. The van der Waals surface area contributed by atoms with Crippen molar-refractivity contribution in [3.8, 4) is 11.5 Å². The largest absolute Gasteiger partial charge is 0.493 e. The molecule has 0 aliphatic carbocycles. The molecule has 0 radical (unpaired) electrons. The van der Waals surface area contributed by atoms with E-state index in [-0.39, 0.29) is 28.4 Å². The van der Waals surface area contributed by atoms with Gasteiger partial charge in [-0.25, -0.2) is 4.79 Å². The number of carbonyl (C=O) groups is 3. The van der Waals surface area contributed by atoms with Gasteiger partial charge in [0.25, 0.3) is 5.91 Å². The number of carbonyl (C=O) groups excluding carboxylic acids is 2. The van der Waals surface area contributed by atoms with E-state index in [9.17, 15) is 19.5 Å². The summed E-state index contributed by atoms with van der Waals surface area (Å²) in [5.41, 5.74) is 1.58. The van der Waals surface area contributed by atoms with Crippen LogP contribution < -0.4 is 14.5 Å². The summed E-state index contributed by atoms with van der Waals surface area (Å²) in [6, 6.07) is 9.12. The molecule has 0 atom stereocenters. The number of hydrogen-bond acceptors (Lipinski definition) is 6. The minimum Gasteiger partial charge on any atom is -0.493 e. The molecule has 0 saturated carbocycles. The van der Waals surface area contributed by atoms with Crippen LogP contribution in [0.5, 0.6) is 11.5 Å². The molecular formula is C22H19ClN2O6. The van der Waals surface area contributed by atoms with Crippen LogP contribution in [-0.4, -0.2) is 35.8 Å². The van der Waals surface area contributed by atoms with Crippen molar-refractivity contribution in [2.24, 2.45) is 5.10 Å². The number of amides is 1. The Labute approximate surface area is 183 Å². The molecule has 9 heteroatoms. The van der Waals surface area contributed by atoms with E-state index in [1.807, 2.05) is 0 Å². The maximum atomic E-state index is 13.0. The first-order valence-electron chi connectivity index (χ1n) is 9.28. The summed E-state index contributed by atoms with van der Waals surface area (Å²) in [5.74, 6) is -1.39. The van der Waals surface area contributed by atoms with E-state index in [1.54, 1.807) is 38.1 Å². The summed E-state index contributed by atoms with van der Waals surface area (Å²) in [4.78, 5) is 35.8. The number of rotatable bonds is 6. The van der Waals surface area contributed by atoms with Gasteiger partial charge in [-0.15, -0.1) is 0 Å².